The molecule has 2 aromatic carbocycles. The molecular weight excluding hydrogens is 393 g/mol. The van der Waals surface area contributed by atoms with Crippen molar-refractivity contribution < 1.29 is 18.3 Å². The molecule has 0 spiro atoms. The fraction of sp³-hybridized carbons (Fsp3) is 0.364. The second-order valence-electron chi connectivity index (χ2n) is 7.36. The fourth-order valence-corrected chi connectivity index (χ4v) is 3.96. The number of hydrogen-bond acceptors (Lipinski definition) is 3. The zero-order valence-electron chi connectivity index (χ0n) is 16.8. The Labute approximate surface area is 171 Å². The second kappa shape index (κ2) is 7.43. The fourth-order valence-electron chi connectivity index (χ4n) is 3.96. The summed E-state index contributed by atoms with van der Waals surface area (Å²) in [4.78, 5) is 8.51. The summed E-state index contributed by atoms with van der Waals surface area (Å²) in [6.07, 6.45) is -3.84. The van der Waals surface area contributed by atoms with Crippen LogP contribution in [0.1, 0.15) is 38.3 Å². The van der Waals surface area contributed by atoms with Gasteiger partial charge in [-0.15, -0.1) is 0 Å². The van der Waals surface area contributed by atoms with Crippen molar-refractivity contribution in [3.05, 3.63) is 60.2 Å². The van der Waals surface area contributed by atoms with Crippen LogP contribution in [0.5, 0.6) is 0 Å². The first-order valence-electron chi connectivity index (χ1n) is 10.0. The molecule has 2 heterocycles. The Balaban J connectivity index is 2.09. The molecule has 0 saturated heterocycles. The molecule has 30 heavy (non-hydrogen) atoms. The maximum absolute atomic E-state index is 14.6. The van der Waals surface area contributed by atoms with Crippen LogP contribution < -0.4 is 0 Å². The molecule has 0 aliphatic rings. The highest BCUT2D eigenvalue weighted by Crippen LogP contribution is 2.45. The number of aryl methyl sites for hydroxylation is 2. The van der Waals surface area contributed by atoms with Crippen molar-refractivity contribution in [3.63, 3.8) is 0 Å². The highest BCUT2D eigenvalue weighted by Gasteiger charge is 2.62. The number of aromatic nitrogens is 4. The predicted molar refractivity (Wildman–Crippen MR) is 109 cm³/mol. The lowest BCUT2D eigenvalue weighted by molar-refractivity contribution is -0.255. The minimum Gasteiger partial charge on any atom is -0.368 e. The van der Waals surface area contributed by atoms with Crippen LogP contribution in [0.3, 0.4) is 0 Å². The molecule has 0 radical (unpaired) electrons. The zero-order valence-corrected chi connectivity index (χ0v) is 16.8. The summed E-state index contributed by atoms with van der Waals surface area (Å²) in [5, 5.41) is 11.4. The molecule has 0 unspecified atom stereocenters. The maximum atomic E-state index is 14.6. The number of nitrogens with zero attached hydrogens (tertiary/aromatic N) is 4. The minimum atomic E-state index is -5.02. The van der Waals surface area contributed by atoms with E-state index < -0.39 is 23.4 Å². The molecule has 0 bridgehead atoms. The van der Waals surface area contributed by atoms with E-state index in [1.807, 2.05) is 13.8 Å². The largest absolute Gasteiger partial charge is 0.432 e. The second-order valence-corrected chi connectivity index (χ2v) is 7.36. The van der Waals surface area contributed by atoms with Crippen LogP contribution in [0.2, 0.25) is 0 Å². The molecule has 8 heteroatoms. The van der Waals surface area contributed by atoms with E-state index in [4.69, 9.17) is 0 Å². The van der Waals surface area contributed by atoms with Gasteiger partial charge in [-0.2, -0.15) is 13.2 Å². The highest BCUT2D eigenvalue weighted by atomic mass is 19.4. The number of benzene rings is 2. The number of aliphatic hydroxyl groups is 1. The van der Waals surface area contributed by atoms with E-state index >= 15 is 0 Å². The summed E-state index contributed by atoms with van der Waals surface area (Å²) in [5.41, 5.74) is -1.44. The Hall–Kier alpha value is -2.87. The van der Waals surface area contributed by atoms with Crippen molar-refractivity contribution in [2.45, 2.75) is 51.6 Å². The Kier molecular flexibility index (Phi) is 5.05. The van der Waals surface area contributed by atoms with Gasteiger partial charge in [0.2, 0.25) is 0 Å². The van der Waals surface area contributed by atoms with E-state index in [0.29, 0.717) is 48.0 Å². The molecule has 0 fully saturated rings. The summed E-state index contributed by atoms with van der Waals surface area (Å²) in [7, 11) is 0. The molecule has 0 saturated carbocycles. The van der Waals surface area contributed by atoms with Gasteiger partial charge < -0.3 is 14.2 Å². The third-order valence-corrected chi connectivity index (χ3v) is 5.26. The number of rotatable bonds is 6. The smallest absolute Gasteiger partial charge is 0.368 e. The predicted octanol–water partition coefficient (Wildman–Crippen LogP) is 5.00. The summed E-state index contributed by atoms with van der Waals surface area (Å²) in [5.74, 6) is -0.906. The van der Waals surface area contributed by atoms with Crippen molar-refractivity contribution in [1.82, 2.24) is 19.1 Å². The van der Waals surface area contributed by atoms with Gasteiger partial charge in [0.1, 0.15) is 0 Å². The third-order valence-electron chi connectivity index (χ3n) is 5.26. The van der Waals surface area contributed by atoms with Gasteiger partial charge in [-0.1, -0.05) is 38.1 Å². The van der Waals surface area contributed by atoms with Crippen LogP contribution in [0.15, 0.2) is 48.5 Å². The lowest BCUT2D eigenvalue weighted by Gasteiger charge is -2.30. The monoisotopic (exact) mass is 416 g/mol. The molecule has 0 aliphatic carbocycles. The van der Waals surface area contributed by atoms with Crippen molar-refractivity contribution in [1.29, 1.82) is 0 Å². The maximum Gasteiger partial charge on any atom is 0.432 e. The first-order chi connectivity index (χ1) is 14.3. The van der Waals surface area contributed by atoms with Crippen molar-refractivity contribution in [2.24, 2.45) is 0 Å². The van der Waals surface area contributed by atoms with E-state index in [1.165, 1.54) is 9.13 Å². The van der Waals surface area contributed by atoms with Crippen LogP contribution >= 0.6 is 0 Å². The summed E-state index contributed by atoms with van der Waals surface area (Å²) in [6, 6.07) is 13.7. The molecule has 0 atom stereocenters. The van der Waals surface area contributed by atoms with E-state index in [0.717, 1.165) is 0 Å². The molecule has 4 aromatic rings. The molecular formula is C22H23F3N4O. The van der Waals surface area contributed by atoms with Gasteiger partial charge in [0.05, 0.1) is 22.1 Å². The number of imidazole rings is 2. The first-order valence-corrected chi connectivity index (χ1v) is 10.0. The first kappa shape index (κ1) is 20.4. The molecule has 1 N–H and O–H groups in total. The van der Waals surface area contributed by atoms with Gasteiger partial charge in [0.15, 0.2) is 11.6 Å². The van der Waals surface area contributed by atoms with Crippen LogP contribution in [0.25, 0.3) is 22.1 Å². The topological polar surface area (TPSA) is 55.9 Å². The zero-order chi connectivity index (χ0) is 21.5. The van der Waals surface area contributed by atoms with Gasteiger partial charge in [-0.3, -0.25) is 0 Å². The molecule has 0 aliphatic heterocycles. The Bertz CT molecular complexity index is 1110. The number of alkyl halides is 3. The van der Waals surface area contributed by atoms with Gasteiger partial charge in [-0.25, -0.2) is 9.97 Å². The summed E-state index contributed by atoms with van der Waals surface area (Å²) < 4.78 is 46.8. The van der Waals surface area contributed by atoms with Crippen molar-refractivity contribution in [2.75, 3.05) is 0 Å². The summed E-state index contributed by atoms with van der Waals surface area (Å²) in [6.45, 7) is 4.33. The SMILES string of the molecule is CCCn1c(C(O)(c2nc3ccccc3n2CCC)C(F)(F)F)nc2ccccc21. The Morgan fingerprint density at radius 1 is 0.767 bits per heavy atom. The average molecular weight is 416 g/mol. The third kappa shape index (κ3) is 2.98. The van der Waals surface area contributed by atoms with Gasteiger partial charge >= 0.3 is 6.18 Å². The molecule has 0 amide bonds. The number of hydrogen-bond donors (Lipinski definition) is 1. The average Bonchev–Trinajstić information content (AvgIpc) is 3.27. The van der Waals surface area contributed by atoms with Gasteiger partial charge in [0.25, 0.3) is 5.60 Å². The van der Waals surface area contributed by atoms with Gasteiger partial charge in [-0.05, 0) is 37.1 Å². The number of halogens is 3. The van der Waals surface area contributed by atoms with Crippen LogP contribution in [-0.4, -0.2) is 30.4 Å². The number of fused-ring (bicyclic) bond motifs is 2. The van der Waals surface area contributed by atoms with E-state index in [1.54, 1.807) is 48.5 Å². The van der Waals surface area contributed by atoms with Crippen LogP contribution in [0, 0.1) is 0 Å². The Morgan fingerprint density at radius 3 is 1.53 bits per heavy atom. The van der Waals surface area contributed by atoms with Crippen molar-refractivity contribution >= 4 is 22.1 Å². The number of para-hydroxylation sites is 4. The lowest BCUT2D eigenvalue weighted by atomic mass is 10.0. The van der Waals surface area contributed by atoms with E-state index in [9.17, 15) is 18.3 Å². The molecule has 158 valence electrons. The quantitative estimate of drug-likeness (QED) is 0.481. The lowest BCUT2D eigenvalue weighted by Crippen LogP contribution is -2.47. The van der Waals surface area contributed by atoms with Crippen LogP contribution in [0.4, 0.5) is 13.2 Å². The molecule has 5 nitrogen and oxygen atoms in total. The standard InChI is InChI=1S/C22H23F3N4O/c1-3-13-28-17-11-7-5-9-15(17)26-19(28)21(30,22(23,24)25)20-27-16-10-6-8-12-18(16)29(20)14-4-2/h5-12,30H,3-4,13-14H2,1-2H3. The van der Waals surface area contributed by atoms with E-state index in [2.05, 4.69) is 9.97 Å². The normalized spacial score (nSPS) is 12.9. The van der Waals surface area contributed by atoms with Gasteiger partial charge in [0, 0.05) is 13.1 Å². The molecule has 4 rings (SSSR count). The highest BCUT2D eigenvalue weighted by molar-refractivity contribution is 5.78. The Morgan fingerprint density at radius 2 is 1.17 bits per heavy atom. The van der Waals surface area contributed by atoms with Crippen molar-refractivity contribution in [3.8, 4) is 0 Å². The van der Waals surface area contributed by atoms with Crippen LogP contribution in [-0.2, 0) is 18.7 Å². The molecule has 2 aromatic heterocycles. The minimum absolute atomic E-state index is 0.294. The van der Waals surface area contributed by atoms with E-state index in [-0.39, 0.29) is 0 Å². The summed E-state index contributed by atoms with van der Waals surface area (Å²) >= 11 is 0.